The van der Waals surface area contributed by atoms with E-state index in [9.17, 15) is 8.42 Å². The van der Waals surface area contributed by atoms with Crippen molar-refractivity contribution in [3.05, 3.63) is 11.9 Å². The van der Waals surface area contributed by atoms with Crippen LogP contribution in [0.1, 0.15) is 25.8 Å². The molecule has 0 atom stereocenters. The van der Waals surface area contributed by atoms with E-state index in [4.69, 9.17) is 0 Å². The Balaban J connectivity index is 2.81. The van der Waals surface area contributed by atoms with Gasteiger partial charge in [-0.3, -0.25) is 0 Å². The second-order valence-electron chi connectivity index (χ2n) is 4.85. The van der Waals surface area contributed by atoms with Crippen molar-refractivity contribution in [2.24, 2.45) is 0 Å². The molecule has 0 radical (unpaired) electrons. The third kappa shape index (κ3) is 5.13. The third-order valence-electron chi connectivity index (χ3n) is 3.00. The normalized spacial score (nSPS) is 11.7. The van der Waals surface area contributed by atoms with Gasteiger partial charge in [-0.2, -0.15) is 0 Å². The van der Waals surface area contributed by atoms with E-state index >= 15 is 0 Å². The van der Waals surface area contributed by atoms with Crippen molar-refractivity contribution >= 4 is 21.7 Å². The second kappa shape index (κ2) is 8.14. The van der Waals surface area contributed by atoms with Gasteiger partial charge in [0.25, 0.3) is 0 Å². The van der Waals surface area contributed by atoms with Crippen LogP contribution in [-0.4, -0.2) is 55.6 Å². The molecule has 0 fully saturated rings. The van der Waals surface area contributed by atoms with Crippen molar-refractivity contribution in [3.63, 3.8) is 0 Å². The van der Waals surface area contributed by atoms with Gasteiger partial charge in [-0.15, -0.1) is 0 Å². The fraction of sp³-hybridized carbons (Fsp3) is 0.692. The SMILES string of the molecule is CCCc1c(NCC)ncnc1NCCS(=O)(=O)N(C)C. The van der Waals surface area contributed by atoms with Gasteiger partial charge >= 0.3 is 0 Å². The number of nitrogens with one attached hydrogen (secondary N) is 2. The minimum Gasteiger partial charge on any atom is -0.370 e. The van der Waals surface area contributed by atoms with Gasteiger partial charge in [-0.25, -0.2) is 22.7 Å². The number of nitrogens with zero attached hydrogens (tertiary/aromatic N) is 3. The maximum absolute atomic E-state index is 11.7. The molecular formula is C13H25N5O2S. The van der Waals surface area contributed by atoms with Crippen LogP contribution in [0.3, 0.4) is 0 Å². The zero-order valence-electron chi connectivity index (χ0n) is 13.2. The number of rotatable bonds is 9. The molecule has 1 aromatic heterocycles. The highest BCUT2D eigenvalue weighted by atomic mass is 32.2. The van der Waals surface area contributed by atoms with E-state index in [1.165, 1.54) is 24.7 Å². The van der Waals surface area contributed by atoms with Crippen LogP contribution < -0.4 is 10.6 Å². The number of hydrogen-bond donors (Lipinski definition) is 2. The first-order valence-electron chi connectivity index (χ1n) is 7.14. The summed E-state index contributed by atoms with van der Waals surface area (Å²) in [7, 11) is -0.135. The Kier molecular flexibility index (Phi) is 6.83. The summed E-state index contributed by atoms with van der Waals surface area (Å²) in [5.74, 6) is 1.55. The Hall–Kier alpha value is -1.41. The maximum atomic E-state index is 11.7. The Morgan fingerprint density at radius 1 is 1.14 bits per heavy atom. The lowest BCUT2D eigenvalue weighted by Crippen LogP contribution is -2.28. The number of sulfonamides is 1. The van der Waals surface area contributed by atoms with Gasteiger partial charge in [-0.05, 0) is 13.3 Å². The Morgan fingerprint density at radius 3 is 2.29 bits per heavy atom. The van der Waals surface area contributed by atoms with Gasteiger partial charge in [0.1, 0.15) is 18.0 Å². The molecular weight excluding hydrogens is 290 g/mol. The molecule has 7 nitrogen and oxygen atoms in total. The van der Waals surface area contributed by atoms with Crippen molar-refractivity contribution in [1.29, 1.82) is 0 Å². The molecule has 0 unspecified atom stereocenters. The highest BCUT2D eigenvalue weighted by Crippen LogP contribution is 2.21. The van der Waals surface area contributed by atoms with Crippen LogP contribution in [0.2, 0.25) is 0 Å². The summed E-state index contributed by atoms with van der Waals surface area (Å²) in [5, 5.41) is 6.32. The molecule has 120 valence electrons. The van der Waals surface area contributed by atoms with Crippen molar-refractivity contribution in [2.45, 2.75) is 26.7 Å². The van der Waals surface area contributed by atoms with Gasteiger partial charge in [0, 0.05) is 32.7 Å². The maximum Gasteiger partial charge on any atom is 0.215 e. The smallest absolute Gasteiger partial charge is 0.215 e. The first-order chi connectivity index (χ1) is 9.92. The molecule has 21 heavy (non-hydrogen) atoms. The highest BCUT2D eigenvalue weighted by molar-refractivity contribution is 7.89. The molecule has 0 saturated heterocycles. The molecule has 0 aromatic carbocycles. The van der Waals surface area contributed by atoms with Crippen LogP contribution in [0, 0.1) is 0 Å². The summed E-state index contributed by atoms with van der Waals surface area (Å²) in [5.41, 5.74) is 1.00. The van der Waals surface area contributed by atoms with Crippen LogP contribution in [0.25, 0.3) is 0 Å². The van der Waals surface area contributed by atoms with Gasteiger partial charge in [0.05, 0.1) is 5.75 Å². The van der Waals surface area contributed by atoms with Crippen LogP contribution in [0.4, 0.5) is 11.6 Å². The first-order valence-corrected chi connectivity index (χ1v) is 8.75. The van der Waals surface area contributed by atoms with E-state index in [0.717, 1.165) is 30.8 Å². The molecule has 0 aliphatic rings. The molecule has 0 aliphatic carbocycles. The van der Waals surface area contributed by atoms with E-state index in [1.807, 2.05) is 6.92 Å². The predicted molar refractivity (Wildman–Crippen MR) is 86.2 cm³/mol. The topological polar surface area (TPSA) is 87.2 Å². The zero-order chi connectivity index (χ0) is 15.9. The summed E-state index contributed by atoms with van der Waals surface area (Å²) in [6.07, 6.45) is 3.29. The minimum absolute atomic E-state index is 0.0338. The number of anilines is 2. The molecule has 0 bridgehead atoms. The van der Waals surface area contributed by atoms with E-state index in [1.54, 1.807) is 0 Å². The Morgan fingerprint density at radius 2 is 1.76 bits per heavy atom. The molecule has 0 aliphatic heterocycles. The van der Waals surface area contributed by atoms with Crippen molar-refractivity contribution in [1.82, 2.24) is 14.3 Å². The van der Waals surface area contributed by atoms with Crippen molar-refractivity contribution in [2.75, 3.05) is 43.6 Å². The van der Waals surface area contributed by atoms with Crippen LogP contribution >= 0.6 is 0 Å². The van der Waals surface area contributed by atoms with Crippen LogP contribution in [-0.2, 0) is 16.4 Å². The molecule has 0 spiro atoms. The Labute approximate surface area is 127 Å². The lowest BCUT2D eigenvalue weighted by atomic mass is 10.1. The largest absolute Gasteiger partial charge is 0.370 e. The molecule has 0 saturated carbocycles. The molecule has 0 amide bonds. The third-order valence-corrected chi connectivity index (χ3v) is 4.83. The summed E-state index contributed by atoms with van der Waals surface area (Å²) < 4.78 is 24.7. The highest BCUT2D eigenvalue weighted by Gasteiger charge is 2.14. The van der Waals surface area contributed by atoms with E-state index in [0.29, 0.717) is 12.4 Å². The average Bonchev–Trinajstić information content (AvgIpc) is 2.42. The molecule has 8 heteroatoms. The van der Waals surface area contributed by atoms with Crippen molar-refractivity contribution in [3.8, 4) is 0 Å². The monoisotopic (exact) mass is 315 g/mol. The lowest BCUT2D eigenvalue weighted by Gasteiger charge is -2.15. The number of aromatic nitrogens is 2. The van der Waals surface area contributed by atoms with E-state index in [-0.39, 0.29) is 5.75 Å². The van der Waals surface area contributed by atoms with Gasteiger partial charge in [0.15, 0.2) is 0 Å². The molecule has 1 aromatic rings. The number of hydrogen-bond acceptors (Lipinski definition) is 6. The minimum atomic E-state index is -3.20. The standard InChI is InChI=1S/C13H25N5O2S/c1-5-7-11-12(14-6-2)16-10-17-13(11)15-8-9-21(19,20)18(3)4/h10H,5-9H2,1-4H3,(H2,14,15,16,17). The van der Waals surface area contributed by atoms with Gasteiger partial charge in [-0.1, -0.05) is 13.3 Å². The fourth-order valence-electron chi connectivity index (χ4n) is 1.85. The molecule has 1 rings (SSSR count). The summed E-state index contributed by atoms with van der Waals surface area (Å²) in [4.78, 5) is 8.48. The average molecular weight is 315 g/mol. The quantitative estimate of drug-likeness (QED) is 0.711. The zero-order valence-corrected chi connectivity index (χ0v) is 14.0. The second-order valence-corrected chi connectivity index (χ2v) is 7.16. The molecule has 1 heterocycles. The van der Waals surface area contributed by atoms with E-state index in [2.05, 4.69) is 27.5 Å². The van der Waals surface area contributed by atoms with Crippen LogP contribution in [0.5, 0.6) is 0 Å². The van der Waals surface area contributed by atoms with Crippen molar-refractivity contribution < 1.29 is 8.42 Å². The summed E-state index contributed by atoms with van der Waals surface area (Å²) in [6.45, 7) is 5.19. The molecule has 2 N–H and O–H groups in total. The summed E-state index contributed by atoms with van der Waals surface area (Å²) >= 11 is 0. The Bertz CT molecular complexity index is 545. The van der Waals surface area contributed by atoms with E-state index < -0.39 is 10.0 Å². The van der Waals surface area contributed by atoms with Gasteiger partial charge in [0.2, 0.25) is 10.0 Å². The fourth-order valence-corrected chi connectivity index (χ4v) is 2.58. The van der Waals surface area contributed by atoms with Crippen LogP contribution in [0.15, 0.2) is 6.33 Å². The van der Waals surface area contributed by atoms with Gasteiger partial charge < -0.3 is 10.6 Å². The predicted octanol–water partition coefficient (Wildman–Crippen LogP) is 1.16. The summed E-state index contributed by atoms with van der Waals surface area (Å²) in [6, 6.07) is 0. The lowest BCUT2D eigenvalue weighted by molar-refractivity contribution is 0.521. The first kappa shape index (κ1) is 17.6.